The standard InChI is InChI=1S/C24H16N2O4/c27-21-14-22(28)18(20-13-24(30-26-20)16-9-5-2-6-10-16)11-17(21)19-12-23(29-25-19)15-7-3-1-4-8-15/h1-14,27-28H. The quantitative estimate of drug-likeness (QED) is 0.402. The van der Waals surface area contributed by atoms with E-state index in [1.165, 1.54) is 6.07 Å². The molecular formula is C24H16N2O4. The van der Waals surface area contributed by atoms with Crippen LogP contribution >= 0.6 is 0 Å². The summed E-state index contributed by atoms with van der Waals surface area (Å²) in [6, 6.07) is 25.5. The van der Waals surface area contributed by atoms with Crippen molar-refractivity contribution in [2.75, 3.05) is 0 Å². The average molecular weight is 396 g/mol. The molecule has 0 amide bonds. The van der Waals surface area contributed by atoms with Crippen molar-refractivity contribution in [1.82, 2.24) is 10.3 Å². The first-order valence-corrected chi connectivity index (χ1v) is 9.30. The van der Waals surface area contributed by atoms with Gasteiger partial charge in [0.25, 0.3) is 0 Å². The summed E-state index contributed by atoms with van der Waals surface area (Å²) in [5.74, 6) is 0.923. The van der Waals surface area contributed by atoms with Gasteiger partial charge in [0.15, 0.2) is 11.5 Å². The van der Waals surface area contributed by atoms with Gasteiger partial charge in [-0.15, -0.1) is 0 Å². The van der Waals surface area contributed by atoms with E-state index in [-0.39, 0.29) is 11.5 Å². The number of hydrogen-bond donors (Lipinski definition) is 2. The zero-order valence-electron chi connectivity index (χ0n) is 15.7. The highest BCUT2D eigenvalue weighted by atomic mass is 16.5. The molecule has 0 fully saturated rings. The number of phenolic OH excluding ortho intramolecular Hbond substituents is 2. The van der Waals surface area contributed by atoms with Gasteiger partial charge < -0.3 is 19.3 Å². The Kier molecular flexibility index (Phi) is 4.29. The molecule has 0 atom stereocenters. The number of nitrogens with zero attached hydrogens (tertiary/aromatic N) is 2. The third kappa shape index (κ3) is 3.20. The van der Waals surface area contributed by atoms with Crippen LogP contribution in [0.4, 0.5) is 0 Å². The zero-order chi connectivity index (χ0) is 20.5. The first-order valence-electron chi connectivity index (χ1n) is 9.30. The van der Waals surface area contributed by atoms with Crippen molar-refractivity contribution in [2.24, 2.45) is 0 Å². The molecule has 0 radical (unpaired) electrons. The van der Waals surface area contributed by atoms with E-state index in [1.807, 2.05) is 60.7 Å². The van der Waals surface area contributed by atoms with Gasteiger partial charge in [-0.2, -0.15) is 0 Å². The fourth-order valence-electron chi connectivity index (χ4n) is 3.27. The molecule has 30 heavy (non-hydrogen) atoms. The summed E-state index contributed by atoms with van der Waals surface area (Å²) in [4.78, 5) is 0. The fourth-order valence-corrected chi connectivity index (χ4v) is 3.27. The molecule has 0 aliphatic carbocycles. The van der Waals surface area contributed by atoms with Crippen molar-refractivity contribution >= 4 is 0 Å². The maximum atomic E-state index is 10.4. The van der Waals surface area contributed by atoms with Crippen LogP contribution in [0.2, 0.25) is 0 Å². The van der Waals surface area contributed by atoms with Crippen LogP contribution in [0.5, 0.6) is 11.5 Å². The number of rotatable bonds is 4. The van der Waals surface area contributed by atoms with Gasteiger partial charge in [-0.3, -0.25) is 0 Å². The van der Waals surface area contributed by atoms with Gasteiger partial charge >= 0.3 is 0 Å². The van der Waals surface area contributed by atoms with Crippen LogP contribution in [0.15, 0.2) is 94.0 Å². The van der Waals surface area contributed by atoms with Crippen molar-refractivity contribution in [3.05, 3.63) is 84.9 Å². The van der Waals surface area contributed by atoms with Gasteiger partial charge in [-0.25, -0.2) is 0 Å². The van der Waals surface area contributed by atoms with Crippen LogP contribution in [0.25, 0.3) is 45.2 Å². The number of benzene rings is 3. The number of aromatic hydroxyl groups is 2. The highest BCUT2D eigenvalue weighted by Crippen LogP contribution is 2.40. The topological polar surface area (TPSA) is 92.5 Å². The second kappa shape index (κ2) is 7.25. The average Bonchev–Trinajstić information content (AvgIpc) is 3.46. The minimum atomic E-state index is -0.115. The molecule has 6 nitrogen and oxygen atoms in total. The molecule has 0 spiro atoms. The molecule has 0 unspecified atom stereocenters. The van der Waals surface area contributed by atoms with Crippen molar-refractivity contribution < 1.29 is 19.3 Å². The molecule has 0 aliphatic rings. The molecule has 2 heterocycles. The van der Waals surface area contributed by atoms with Crippen LogP contribution < -0.4 is 0 Å². The zero-order valence-corrected chi connectivity index (χ0v) is 15.7. The summed E-state index contributed by atoms with van der Waals surface area (Å²) >= 11 is 0. The Bertz CT molecular complexity index is 1210. The molecule has 2 aromatic heterocycles. The molecular weight excluding hydrogens is 380 g/mol. The summed E-state index contributed by atoms with van der Waals surface area (Å²) in [7, 11) is 0. The van der Waals surface area contributed by atoms with E-state index in [4.69, 9.17) is 9.05 Å². The van der Waals surface area contributed by atoms with Gasteiger partial charge in [0, 0.05) is 40.5 Å². The van der Waals surface area contributed by atoms with Crippen molar-refractivity contribution in [2.45, 2.75) is 0 Å². The summed E-state index contributed by atoms with van der Waals surface area (Å²) in [6.45, 7) is 0. The SMILES string of the molecule is Oc1cc(O)c(-c2cc(-c3ccccc3)on2)cc1-c1cc(-c2ccccc2)on1. The molecule has 6 heteroatoms. The molecule has 5 aromatic rings. The Balaban J connectivity index is 1.54. The van der Waals surface area contributed by atoms with Crippen molar-refractivity contribution in [3.63, 3.8) is 0 Å². The predicted octanol–water partition coefficient (Wildman–Crippen LogP) is 5.74. The van der Waals surface area contributed by atoms with E-state index in [2.05, 4.69) is 10.3 Å². The van der Waals surface area contributed by atoms with E-state index >= 15 is 0 Å². The van der Waals surface area contributed by atoms with E-state index in [0.717, 1.165) is 11.1 Å². The molecule has 146 valence electrons. The summed E-state index contributed by atoms with van der Waals surface area (Å²) in [5, 5.41) is 28.9. The molecule has 3 aromatic carbocycles. The molecule has 2 N–H and O–H groups in total. The van der Waals surface area contributed by atoms with Crippen LogP contribution in [0.3, 0.4) is 0 Å². The lowest BCUT2D eigenvalue weighted by Crippen LogP contribution is -1.84. The first-order chi connectivity index (χ1) is 14.7. The number of phenols is 2. The number of hydrogen-bond acceptors (Lipinski definition) is 6. The summed E-state index contributed by atoms with van der Waals surface area (Å²) in [6.07, 6.45) is 0. The van der Waals surface area contributed by atoms with E-state index < -0.39 is 0 Å². The van der Waals surface area contributed by atoms with Crippen LogP contribution in [0, 0.1) is 0 Å². The van der Waals surface area contributed by atoms with Gasteiger partial charge in [0.05, 0.1) is 0 Å². The second-order valence-electron chi connectivity index (χ2n) is 6.77. The van der Waals surface area contributed by atoms with E-state index in [9.17, 15) is 10.2 Å². The fraction of sp³-hybridized carbons (Fsp3) is 0. The van der Waals surface area contributed by atoms with E-state index in [1.54, 1.807) is 18.2 Å². The first kappa shape index (κ1) is 17.8. The Labute approximate surface area is 171 Å². The van der Waals surface area contributed by atoms with E-state index in [0.29, 0.717) is 34.0 Å². The summed E-state index contributed by atoms with van der Waals surface area (Å²) < 4.78 is 10.9. The lowest BCUT2D eigenvalue weighted by atomic mass is 10.0. The smallest absolute Gasteiger partial charge is 0.167 e. The van der Waals surface area contributed by atoms with Gasteiger partial charge in [-0.1, -0.05) is 71.0 Å². The monoisotopic (exact) mass is 396 g/mol. The maximum Gasteiger partial charge on any atom is 0.167 e. The summed E-state index contributed by atoms with van der Waals surface area (Å²) in [5.41, 5.74) is 3.47. The lowest BCUT2D eigenvalue weighted by Gasteiger charge is -2.06. The highest BCUT2D eigenvalue weighted by Gasteiger charge is 2.18. The van der Waals surface area contributed by atoms with Crippen LogP contribution in [-0.2, 0) is 0 Å². The van der Waals surface area contributed by atoms with Gasteiger partial charge in [-0.05, 0) is 6.07 Å². The van der Waals surface area contributed by atoms with Crippen molar-refractivity contribution in [1.29, 1.82) is 0 Å². The van der Waals surface area contributed by atoms with Crippen LogP contribution in [0.1, 0.15) is 0 Å². The lowest BCUT2D eigenvalue weighted by molar-refractivity contribution is 0.430. The Morgan fingerprint density at radius 3 is 1.40 bits per heavy atom. The molecule has 0 aliphatic heterocycles. The largest absolute Gasteiger partial charge is 0.507 e. The third-order valence-corrected chi connectivity index (χ3v) is 4.80. The van der Waals surface area contributed by atoms with Crippen molar-refractivity contribution in [3.8, 4) is 56.7 Å². The molecule has 0 saturated heterocycles. The molecule has 0 bridgehead atoms. The normalized spacial score (nSPS) is 10.9. The molecule has 0 saturated carbocycles. The second-order valence-corrected chi connectivity index (χ2v) is 6.77. The third-order valence-electron chi connectivity index (χ3n) is 4.80. The Morgan fingerprint density at radius 2 is 0.967 bits per heavy atom. The van der Waals surface area contributed by atoms with Gasteiger partial charge in [0.1, 0.15) is 22.9 Å². The maximum absolute atomic E-state index is 10.4. The Hall–Kier alpha value is -4.32. The Morgan fingerprint density at radius 1 is 0.533 bits per heavy atom. The highest BCUT2D eigenvalue weighted by molar-refractivity contribution is 5.80. The van der Waals surface area contributed by atoms with Gasteiger partial charge in [0.2, 0.25) is 0 Å². The van der Waals surface area contributed by atoms with Crippen LogP contribution in [-0.4, -0.2) is 20.5 Å². The molecule has 5 rings (SSSR count). The predicted molar refractivity (Wildman–Crippen MR) is 112 cm³/mol. The minimum Gasteiger partial charge on any atom is -0.507 e. The number of aromatic nitrogens is 2. The minimum absolute atomic E-state index is 0.115.